The molecule has 2 heterocycles. The molecule has 0 radical (unpaired) electrons. The second-order valence-corrected chi connectivity index (χ2v) is 38.6. The first-order valence-electron chi connectivity index (χ1n) is 45.1. The van der Waals surface area contributed by atoms with E-state index in [0.717, 1.165) is 22.3 Å². The lowest BCUT2D eigenvalue weighted by Gasteiger charge is -2.31. The second-order valence-electron chi connectivity index (χ2n) is 38.6. The van der Waals surface area contributed by atoms with Crippen LogP contribution in [0.2, 0.25) is 0 Å². The zero-order chi connectivity index (χ0) is 96.8. The van der Waals surface area contributed by atoms with Gasteiger partial charge in [-0.1, -0.05) is 177 Å². The maximum atomic E-state index is 14.5. The summed E-state index contributed by atoms with van der Waals surface area (Å²) < 4.78 is 30.9. The van der Waals surface area contributed by atoms with Gasteiger partial charge < -0.3 is 86.3 Å². The number of Topliss-reactive ketones (excluding diaryl/α,β-unsaturated/α-hetero) is 2. The number of ether oxygens (including phenoxy) is 6. The van der Waals surface area contributed by atoms with E-state index in [9.17, 15) is 72.2 Å². The molecule has 31 heteroatoms. The van der Waals surface area contributed by atoms with E-state index in [-0.39, 0.29) is 112 Å². The summed E-state index contributed by atoms with van der Waals surface area (Å²) in [6, 6.07) is 34.2. The summed E-state index contributed by atoms with van der Waals surface area (Å²) in [6.07, 6.45) is 0.893. The van der Waals surface area contributed by atoms with Crippen LogP contribution in [-0.4, -0.2) is 205 Å². The third kappa shape index (κ3) is 40.7. The van der Waals surface area contributed by atoms with Crippen LogP contribution in [0.25, 0.3) is 0 Å². The van der Waals surface area contributed by atoms with Gasteiger partial charge in [-0.05, 0) is 206 Å². The van der Waals surface area contributed by atoms with E-state index in [1.54, 1.807) is 83.1 Å². The number of ketones is 2. The van der Waals surface area contributed by atoms with Gasteiger partial charge in [0.1, 0.15) is 34.5 Å². The minimum atomic E-state index is -1.60. The number of nitrogens with one attached hydrogen (secondary N) is 9. The number of esters is 2. The van der Waals surface area contributed by atoms with E-state index < -0.39 is 141 Å². The van der Waals surface area contributed by atoms with Crippen molar-refractivity contribution in [2.45, 2.75) is 298 Å². The minimum absolute atomic E-state index is 0.0104. The molecule has 4 aromatic rings. The predicted molar refractivity (Wildman–Crippen MR) is 492 cm³/mol. The fourth-order valence-electron chi connectivity index (χ4n) is 14.8. The van der Waals surface area contributed by atoms with Crippen molar-refractivity contribution in [3.63, 3.8) is 0 Å². The number of carbonyl (C=O) groups is 14. The molecule has 6 rings (SSSR count). The lowest BCUT2D eigenvalue weighted by molar-refractivity contribution is -0.149. The van der Waals surface area contributed by atoms with Crippen molar-refractivity contribution in [3.05, 3.63) is 144 Å². The highest BCUT2D eigenvalue weighted by molar-refractivity contribution is 5.97. The van der Waals surface area contributed by atoms with Gasteiger partial charge in [0.05, 0.1) is 32.8 Å². The molecular formula is C98H148N10O21. The average molecular weight is 1800 g/mol. The Morgan fingerprint density at radius 2 is 0.767 bits per heavy atom. The average Bonchev–Trinajstić information content (AvgIpc) is 1.64. The third-order valence-corrected chi connectivity index (χ3v) is 21.9. The fraction of sp³-hybridized carbons (Fsp3) is 0.612. The molecule has 2 saturated heterocycles. The van der Waals surface area contributed by atoms with Crippen molar-refractivity contribution in [1.82, 2.24) is 52.8 Å². The largest absolute Gasteiger partial charge is 0.480 e. The van der Waals surface area contributed by atoms with E-state index in [4.69, 9.17) is 28.4 Å². The maximum absolute atomic E-state index is 14.5. The van der Waals surface area contributed by atoms with Crippen LogP contribution in [0.1, 0.15) is 250 Å². The Labute approximate surface area is 763 Å². The summed E-state index contributed by atoms with van der Waals surface area (Å²) in [7, 11) is 2.50. The number of carboxylic acids is 1. The lowest BCUT2D eigenvalue weighted by Crippen LogP contribution is -2.59. The number of likely N-dealkylation sites (tertiary alicyclic amines) is 1. The molecule has 4 aromatic carbocycles. The molecule has 129 heavy (non-hydrogen) atoms. The zero-order valence-corrected chi connectivity index (χ0v) is 80.2. The molecular weight excluding hydrogens is 1650 g/mol. The third-order valence-electron chi connectivity index (χ3n) is 21.9. The highest BCUT2D eigenvalue weighted by atomic mass is 16.6. The van der Waals surface area contributed by atoms with Crippen LogP contribution in [0.15, 0.2) is 121 Å². The molecule has 12 atom stereocenters. The number of amides is 9. The number of unbranched alkanes of at least 4 members (excludes halogenated alkanes) is 2. The second kappa shape index (κ2) is 52.6. The number of hydrogen-bond acceptors (Lipinski definition) is 21. The van der Waals surface area contributed by atoms with Crippen LogP contribution in [0.3, 0.4) is 0 Å². The van der Waals surface area contributed by atoms with Crippen molar-refractivity contribution in [2.24, 2.45) is 35.5 Å². The number of carbonyl (C=O) groups excluding carboxylic acids is 13. The monoisotopic (exact) mass is 1800 g/mol. The Balaban J connectivity index is 0.000000468. The summed E-state index contributed by atoms with van der Waals surface area (Å²) in [5, 5.41) is 35.1. The van der Waals surface area contributed by atoms with E-state index >= 15 is 0 Å². The van der Waals surface area contributed by atoms with Gasteiger partial charge in [0.25, 0.3) is 0 Å². The van der Waals surface area contributed by atoms with Gasteiger partial charge in [0.2, 0.25) is 29.5 Å². The number of nitrogens with zero attached hydrogens (tertiary/aromatic N) is 1. The first-order chi connectivity index (χ1) is 60.3. The molecule has 0 aromatic heterocycles. The number of carboxylic acid groups (broad SMARTS) is 1. The van der Waals surface area contributed by atoms with Gasteiger partial charge in [0.15, 0.2) is 22.6 Å². The van der Waals surface area contributed by atoms with Crippen molar-refractivity contribution in [1.29, 1.82) is 0 Å². The Bertz CT molecular complexity index is 4250. The van der Waals surface area contributed by atoms with Crippen LogP contribution in [-0.2, 0) is 89.2 Å². The van der Waals surface area contributed by atoms with Crippen molar-refractivity contribution in [2.75, 3.05) is 53.5 Å². The number of benzene rings is 4. The normalized spacial score (nSPS) is 17.3. The molecule has 0 saturated carbocycles. The molecule has 2 fully saturated rings. The summed E-state index contributed by atoms with van der Waals surface area (Å²) in [4.78, 5) is 185. The quantitative estimate of drug-likeness (QED) is 0.0112. The number of alkyl carbamates (subject to hydrolysis) is 4. The van der Waals surface area contributed by atoms with Gasteiger partial charge in [-0.25, -0.2) is 33.6 Å². The maximum Gasteiger partial charge on any atom is 0.408 e. The van der Waals surface area contributed by atoms with Crippen molar-refractivity contribution < 1.29 is 101 Å². The number of methoxy groups -OCH3 is 2. The highest BCUT2D eigenvalue weighted by Gasteiger charge is 2.51. The van der Waals surface area contributed by atoms with Crippen LogP contribution < -0.4 is 47.9 Å². The van der Waals surface area contributed by atoms with Crippen LogP contribution in [0, 0.1) is 35.5 Å². The van der Waals surface area contributed by atoms with Crippen molar-refractivity contribution in [3.8, 4) is 0 Å². The smallest absolute Gasteiger partial charge is 0.408 e. The summed E-state index contributed by atoms with van der Waals surface area (Å²) in [6.45, 7) is 37.7. The molecule has 0 spiro atoms. The molecule has 31 nitrogen and oxygen atoms in total. The fourth-order valence-corrected chi connectivity index (χ4v) is 14.8. The summed E-state index contributed by atoms with van der Waals surface area (Å²) in [5.74, 6) is -7.67. The molecule has 10 N–H and O–H groups in total. The number of rotatable bonds is 42. The molecule has 0 aliphatic carbocycles. The van der Waals surface area contributed by atoms with E-state index in [1.807, 2.05) is 177 Å². The Kier molecular flexibility index (Phi) is 45.0. The SMILES string of the molecule is CC(C)C[C@@H](CC(=O)[C@@H](Cc1ccccc1)NC(=O)[C@H](C)[C@H](C)c1ccccc1)C(=O)N[C@H](CCCCNC(=O)OC(C)(C)C)C(=O)O.COC(=O)C1(NC(=O)OC(C)(C)C)CCN(C(=O)[C@@H](CCCCNC(=O)OC(C)(C)C)NC(=O)[C@H](CC(=O)[C@@H](Cc2ccccc2)NC(=O)[C@H](C)[C@H](C)c2ccccc2)CC(C)C)C1.COC(=O)C1(NC(=O)OC(C)(C)C)CCNC1. The van der Waals surface area contributed by atoms with Crippen LogP contribution >= 0.6 is 0 Å². The van der Waals surface area contributed by atoms with Gasteiger partial charge >= 0.3 is 42.3 Å². The topological polar surface area (TPSA) is 426 Å². The minimum Gasteiger partial charge on any atom is -0.480 e. The van der Waals surface area contributed by atoms with Gasteiger partial charge in [-0.3, -0.25) is 33.6 Å². The van der Waals surface area contributed by atoms with Crippen LogP contribution in [0.5, 0.6) is 0 Å². The lowest BCUT2D eigenvalue weighted by atomic mass is 9.86. The Morgan fingerprint density at radius 1 is 0.426 bits per heavy atom. The van der Waals surface area contributed by atoms with E-state index in [1.165, 1.54) is 19.1 Å². The predicted octanol–water partition coefficient (Wildman–Crippen LogP) is 13.1. The van der Waals surface area contributed by atoms with Gasteiger partial charge in [-0.15, -0.1) is 0 Å². The number of aliphatic carboxylic acids is 1. The Morgan fingerprint density at radius 3 is 1.12 bits per heavy atom. The number of hydrogen-bond donors (Lipinski definition) is 10. The summed E-state index contributed by atoms with van der Waals surface area (Å²) >= 11 is 0. The molecule has 2 unspecified atom stereocenters. The molecule has 9 amide bonds. The first-order valence-corrected chi connectivity index (χ1v) is 45.1. The zero-order valence-electron chi connectivity index (χ0n) is 80.2. The van der Waals surface area contributed by atoms with Gasteiger partial charge in [-0.2, -0.15) is 0 Å². The van der Waals surface area contributed by atoms with E-state index in [2.05, 4.69) is 47.9 Å². The molecule has 716 valence electrons. The first kappa shape index (κ1) is 110. The molecule has 2 aliphatic rings. The van der Waals surface area contributed by atoms with Crippen molar-refractivity contribution >= 4 is 83.4 Å². The standard InChI is InChI=1S/C49H73N5O10.C38H55N3O7.C11H20N2O4/c1-32(2)28-37(30-40(55)39(29-35-20-14-12-15-21-35)52-41(56)34(4)33(3)36-22-16-13-17-23-36)42(57)51-38(24-18-19-26-50-45(60)63-47(5,6)7)43(58)54-27-25-49(31-54,44(59)62-11)53-46(61)64-48(8,9)10;1-25(2)22-30(35(44)40-31(36(45)46)20-14-15-21-39-37(47)48-38(5,6)7)24-33(42)32(23-28-16-10-8-11-17-28)41-34(43)27(4)26(3)29-18-12-9-13-19-29;1-10(2,3)17-9(15)13-11(8(14)16-4)5-6-12-7-11/h12-17,20-23,32-34,37-39H,18-19,24-31H2,1-11H3,(H,50,60)(H,51,57)(H,52,56)(H,53,61);8-13,16-19,25-27,30-32H,14-15,20-24H2,1-7H3,(H,39,47)(H,40,44)(H,41,43)(H,45,46);12H,5-7H2,1-4H3,(H,13,15)/t33-,34+,37-,38+,39+,49?;26-,27+,30-,31+,32+;/m00./s1. The molecule has 0 bridgehead atoms. The summed E-state index contributed by atoms with van der Waals surface area (Å²) in [5.41, 5.74) is -1.62. The van der Waals surface area contributed by atoms with Crippen LogP contribution in [0.4, 0.5) is 19.2 Å². The highest BCUT2D eigenvalue weighted by Crippen LogP contribution is 2.31. The molecule has 2 aliphatic heterocycles. The Hall–Kier alpha value is -11.0. The van der Waals surface area contributed by atoms with E-state index in [0.29, 0.717) is 64.6 Å². The van der Waals surface area contributed by atoms with Gasteiger partial charge in [0, 0.05) is 69.1 Å².